The van der Waals surface area contributed by atoms with Crippen LogP contribution in [0.2, 0.25) is 0 Å². The average Bonchev–Trinajstić information content (AvgIpc) is 2.56. The van der Waals surface area contributed by atoms with Crippen LogP contribution in [0.3, 0.4) is 0 Å². The van der Waals surface area contributed by atoms with Gasteiger partial charge in [-0.2, -0.15) is 0 Å². The molecule has 0 aliphatic carbocycles. The Bertz CT molecular complexity index is 412. The van der Waals surface area contributed by atoms with Crippen LogP contribution in [0.1, 0.15) is 18.6 Å². The molecule has 1 aliphatic rings. The van der Waals surface area contributed by atoms with Gasteiger partial charge in [0.2, 0.25) is 0 Å². The minimum absolute atomic E-state index is 0.0111. The Morgan fingerprint density at radius 3 is 2.50 bits per heavy atom. The van der Waals surface area contributed by atoms with Gasteiger partial charge in [0.05, 0.1) is 0 Å². The van der Waals surface area contributed by atoms with Crippen LogP contribution in [-0.2, 0) is 20.9 Å². The van der Waals surface area contributed by atoms with E-state index >= 15 is 0 Å². The molecule has 16 heavy (non-hydrogen) atoms. The smallest absolute Gasteiger partial charge is 0.264 e. The molecule has 0 unspecified atom stereocenters. The highest BCUT2D eigenvalue weighted by Crippen LogP contribution is 2.62. The molecule has 0 N–H and O–H groups in total. The van der Waals surface area contributed by atoms with Crippen molar-refractivity contribution in [1.29, 1.82) is 0 Å². The standard InChI is InChI=1S/C11H16NO2PS/c1-9-11(10-7-5-4-6-8-10)14-15(16,13-3)12(9)2/h4-9,11H,1-3H3/t9-,11-,15-/m0/s1. The van der Waals surface area contributed by atoms with Crippen LogP contribution < -0.4 is 0 Å². The second kappa shape index (κ2) is 4.55. The number of benzene rings is 1. The fourth-order valence-corrected chi connectivity index (χ4v) is 4.25. The fourth-order valence-electron chi connectivity index (χ4n) is 1.88. The van der Waals surface area contributed by atoms with Gasteiger partial charge in [0.1, 0.15) is 6.10 Å². The Balaban J connectivity index is 2.30. The molecule has 0 saturated carbocycles. The summed E-state index contributed by atoms with van der Waals surface area (Å²) in [6, 6.07) is 10.4. The summed E-state index contributed by atoms with van der Waals surface area (Å²) in [7, 11) is 3.59. The van der Waals surface area contributed by atoms with Crippen molar-refractivity contribution in [3.8, 4) is 0 Å². The molecular weight excluding hydrogens is 241 g/mol. The van der Waals surface area contributed by atoms with Crippen LogP contribution in [0.4, 0.5) is 0 Å². The van der Waals surface area contributed by atoms with Gasteiger partial charge in [-0.25, -0.2) is 4.67 Å². The van der Waals surface area contributed by atoms with Crippen molar-refractivity contribution < 1.29 is 9.05 Å². The number of hydrogen-bond acceptors (Lipinski definition) is 3. The van der Waals surface area contributed by atoms with Crippen LogP contribution in [-0.4, -0.2) is 24.9 Å². The van der Waals surface area contributed by atoms with Crippen LogP contribution in [0, 0.1) is 0 Å². The fraction of sp³-hybridized carbons (Fsp3) is 0.455. The number of nitrogens with zero attached hydrogens (tertiary/aromatic N) is 1. The molecule has 5 heteroatoms. The third kappa shape index (κ3) is 1.96. The first-order valence-electron chi connectivity index (χ1n) is 5.21. The van der Waals surface area contributed by atoms with Crippen molar-refractivity contribution in [2.45, 2.75) is 19.1 Å². The van der Waals surface area contributed by atoms with E-state index in [0.717, 1.165) is 5.56 Å². The summed E-state index contributed by atoms with van der Waals surface area (Å²) in [5.41, 5.74) is 1.16. The van der Waals surface area contributed by atoms with Gasteiger partial charge in [0.25, 0.3) is 6.64 Å². The molecule has 88 valence electrons. The van der Waals surface area contributed by atoms with E-state index in [1.807, 2.05) is 29.9 Å². The van der Waals surface area contributed by atoms with Crippen LogP contribution >= 0.6 is 6.64 Å². The van der Waals surface area contributed by atoms with E-state index in [1.165, 1.54) is 0 Å². The topological polar surface area (TPSA) is 21.7 Å². The first kappa shape index (κ1) is 12.2. The molecule has 1 saturated heterocycles. The molecule has 0 radical (unpaired) electrons. The van der Waals surface area contributed by atoms with Crippen molar-refractivity contribution in [3.63, 3.8) is 0 Å². The summed E-state index contributed by atoms with van der Waals surface area (Å²) in [6.45, 7) is -0.137. The molecule has 1 heterocycles. The maximum atomic E-state index is 5.94. The summed E-state index contributed by atoms with van der Waals surface area (Å²) >= 11 is 5.44. The summed E-state index contributed by atoms with van der Waals surface area (Å²) < 4.78 is 13.3. The van der Waals surface area contributed by atoms with E-state index in [-0.39, 0.29) is 12.1 Å². The van der Waals surface area contributed by atoms with Crippen molar-refractivity contribution in [2.75, 3.05) is 14.2 Å². The molecule has 1 aromatic rings. The quantitative estimate of drug-likeness (QED) is 0.759. The monoisotopic (exact) mass is 257 g/mol. The van der Waals surface area contributed by atoms with Crippen LogP contribution in [0.5, 0.6) is 0 Å². The molecule has 0 bridgehead atoms. The lowest BCUT2D eigenvalue weighted by Gasteiger charge is -2.21. The summed E-state index contributed by atoms with van der Waals surface area (Å²) in [4.78, 5) is 0. The van der Waals surface area contributed by atoms with Gasteiger partial charge in [-0.1, -0.05) is 30.3 Å². The normalized spacial score (nSPS) is 35.4. The molecule has 0 amide bonds. The third-order valence-electron chi connectivity index (χ3n) is 3.02. The number of rotatable bonds is 2. The van der Waals surface area contributed by atoms with Gasteiger partial charge in [0.15, 0.2) is 0 Å². The highest BCUT2D eigenvalue weighted by atomic mass is 32.5. The van der Waals surface area contributed by atoms with Gasteiger partial charge in [-0.05, 0) is 31.3 Å². The third-order valence-corrected chi connectivity index (χ3v) is 6.59. The molecule has 1 aromatic carbocycles. The molecule has 1 fully saturated rings. The SMILES string of the molecule is CO[P@]1(=S)O[C@H](c2ccccc2)[C@H](C)N1C. The lowest BCUT2D eigenvalue weighted by Crippen LogP contribution is -2.23. The zero-order chi connectivity index (χ0) is 11.8. The molecule has 2 rings (SSSR count). The predicted octanol–water partition coefficient (Wildman–Crippen LogP) is 2.95. The van der Waals surface area contributed by atoms with E-state index in [1.54, 1.807) is 7.11 Å². The van der Waals surface area contributed by atoms with E-state index < -0.39 is 6.64 Å². The summed E-state index contributed by atoms with van der Waals surface area (Å²) in [6.07, 6.45) is 0.0111. The predicted molar refractivity (Wildman–Crippen MR) is 68.8 cm³/mol. The molecular formula is C11H16NO2PS. The lowest BCUT2D eigenvalue weighted by molar-refractivity contribution is 0.203. The van der Waals surface area contributed by atoms with Crippen molar-refractivity contribution in [1.82, 2.24) is 4.67 Å². The second-order valence-corrected chi connectivity index (χ2v) is 7.43. The average molecular weight is 257 g/mol. The zero-order valence-electron chi connectivity index (χ0n) is 9.66. The van der Waals surface area contributed by atoms with Gasteiger partial charge in [0, 0.05) is 13.2 Å². The zero-order valence-corrected chi connectivity index (χ0v) is 11.4. The highest BCUT2D eigenvalue weighted by molar-refractivity contribution is 8.08. The summed E-state index contributed by atoms with van der Waals surface area (Å²) in [5.74, 6) is 0. The molecule has 1 aliphatic heterocycles. The lowest BCUT2D eigenvalue weighted by atomic mass is 10.0. The summed E-state index contributed by atoms with van der Waals surface area (Å²) in [5, 5.41) is 0. The molecule has 3 nitrogen and oxygen atoms in total. The van der Waals surface area contributed by atoms with E-state index in [9.17, 15) is 0 Å². The second-order valence-electron chi connectivity index (χ2n) is 3.90. The Labute approximate surface area is 102 Å². The minimum Gasteiger partial charge on any atom is -0.321 e. The Kier molecular flexibility index (Phi) is 3.48. The molecule has 0 aromatic heterocycles. The van der Waals surface area contributed by atoms with E-state index in [4.69, 9.17) is 20.9 Å². The molecule has 3 atom stereocenters. The van der Waals surface area contributed by atoms with Crippen LogP contribution in [0.15, 0.2) is 30.3 Å². The maximum absolute atomic E-state index is 5.94. The van der Waals surface area contributed by atoms with Crippen molar-refractivity contribution >= 4 is 18.4 Å². The Morgan fingerprint density at radius 1 is 1.38 bits per heavy atom. The highest BCUT2D eigenvalue weighted by Gasteiger charge is 2.43. The maximum Gasteiger partial charge on any atom is 0.264 e. The van der Waals surface area contributed by atoms with Crippen LogP contribution in [0.25, 0.3) is 0 Å². The van der Waals surface area contributed by atoms with Crippen molar-refractivity contribution in [2.24, 2.45) is 0 Å². The van der Waals surface area contributed by atoms with Gasteiger partial charge < -0.3 is 9.05 Å². The Hall–Kier alpha value is -0.250. The largest absolute Gasteiger partial charge is 0.321 e. The number of hydrogen-bond donors (Lipinski definition) is 0. The first-order chi connectivity index (χ1) is 7.58. The van der Waals surface area contributed by atoms with Gasteiger partial charge >= 0.3 is 0 Å². The van der Waals surface area contributed by atoms with Crippen molar-refractivity contribution in [3.05, 3.63) is 35.9 Å². The Morgan fingerprint density at radius 2 is 2.00 bits per heavy atom. The first-order valence-corrected chi connectivity index (χ1v) is 7.80. The number of likely N-dealkylation sites (N-methyl/N-ethyl adjacent to an activating group) is 1. The van der Waals surface area contributed by atoms with E-state index in [2.05, 4.69) is 19.1 Å². The van der Waals surface area contributed by atoms with E-state index in [0.29, 0.717) is 0 Å². The van der Waals surface area contributed by atoms with Gasteiger partial charge in [-0.15, -0.1) is 0 Å². The minimum atomic E-state index is -2.25. The molecule has 0 spiro atoms. The van der Waals surface area contributed by atoms with Gasteiger partial charge in [-0.3, -0.25) is 0 Å².